The highest BCUT2D eigenvalue weighted by Crippen LogP contribution is 2.15. The molecule has 0 bridgehead atoms. The van der Waals surface area contributed by atoms with Crippen LogP contribution in [0.5, 0.6) is 0 Å². The first kappa shape index (κ1) is 8.92. The van der Waals surface area contributed by atoms with Crippen LogP contribution in [0.25, 0.3) is 5.65 Å². The number of aliphatic hydroxyl groups excluding tert-OH is 2. The molecule has 0 aliphatic rings. The van der Waals surface area contributed by atoms with E-state index in [4.69, 9.17) is 15.9 Å². The quantitative estimate of drug-likeness (QED) is 0.587. The molecule has 0 saturated carbocycles. The van der Waals surface area contributed by atoms with Gasteiger partial charge < -0.3 is 15.9 Å². The predicted molar refractivity (Wildman–Crippen MR) is 49.2 cm³/mol. The van der Waals surface area contributed by atoms with Gasteiger partial charge in [0.25, 0.3) is 0 Å². The van der Waals surface area contributed by atoms with Crippen molar-refractivity contribution >= 4 is 11.5 Å². The molecule has 14 heavy (non-hydrogen) atoms. The number of imidazole rings is 1. The van der Waals surface area contributed by atoms with Crippen molar-refractivity contribution in [3.63, 3.8) is 0 Å². The Morgan fingerprint density at radius 1 is 1.29 bits per heavy atom. The highest BCUT2D eigenvalue weighted by Gasteiger charge is 2.09. The number of nitrogens with zero attached hydrogens (tertiary/aromatic N) is 3. The van der Waals surface area contributed by atoms with Crippen LogP contribution in [-0.2, 0) is 13.2 Å². The van der Waals surface area contributed by atoms with Gasteiger partial charge in [0, 0.05) is 11.8 Å². The fourth-order valence-electron chi connectivity index (χ4n) is 1.29. The van der Waals surface area contributed by atoms with Gasteiger partial charge in [-0.05, 0) is 0 Å². The van der Waals surface area contributed by atoms with Crippen LogP contribution >= 0.6 is 0 Å². The topological polar surface area (TPSA) is 96.7 Å². The summed E-state index contributed by atoms with van der Waals surface area (Å²) in [5.41, 5.74) is 7.27. The summed E-state index contributed by atoms with van der Waals surface area (Å²) in [6.45, 7) is -0.344. The van der Waals surface area contributed by atoms with Crippen molar-refractivity contribution in [2.75, 3.05) is 5.73 Å². The summed E-state index contributed by atoms with van der Waals surface area (Å²) < 4.78 is 1.54. The van der Waals surface area contributed by atoms with Crippen LogP contribution in [0.4, 0.5) is 5.82 Å². The van der Waals surface area contributed by atoms with Crippen LogP contribution in [0.15, 0.2) is 12.5 Å². The Balaban J connectivity index is 2.72. The molecule has 2 aromatic rings. The van der Waals surface area contributed by atoms with Gasteiger partial charge in [-0.15, -0.1) is 0 Å². The number of nitrogens with two attached hydrogens (primary N) is 1. The van der Waals surface area contributed by atoms with Crippen molar-refractivity contribution in [3.05, 3.63) is 23.8 Å². The second-order valence-electron chi connectivity index (χ2n) is 2.87. The lowest BCUT2D eigenvalue weighted by atomic mass is 10.3. The molecule has 6 heteroatoms. The number of aromatic nitrogens is 3. The van der Waals surface area contributed by atoms with Crippen molar-refractivity contribution in [2.45, 2.75) is 13.2 Å². The molecule has 0 aliphatic heterocycles. The van der Waals surface area contributed by atoms with E-state index < -0.39 is 0 Å². The fourth-order valence-corrected chi connectivity index (χ4v) is 1.29. The van der Waals surface area contributed by atoms with Crippen LogP contribution in [0.2, 0.25) is 0 Å². The summed E-state index contributed by atoms with van der Waals surface area (Å²) in [6.07, 6.45) is 2.95. The van der Waals surface area contributed by atoms with Crippen LogP contribution in [0.1, 0.15) is 11.3 Å². The molecule has 0 fully saturated rings. The molecule has 0 spiro atoms. The maximum atomic E-state index is 8.94. The number of fused-ring (bicyclic) bond motifs is 1. The van der Waals surface area contributed by atoms with Gasteiger partial charge in [-0.3, -0.25) is 4.40 Å². The minimum atomic E-state index is -0.179. The Morgan fingerprint density at radius 3 is 2.71 bits per heavy atom. The van der Waals surface area contributed by atoms with Gasteiger partial charge in [-0.25, -0.2) is 9.97 Å². The Hall–Kier alpha value is -1.66. The monoisotopic (exact) mass is 194 g/mol. The van der Waals surface area contributed by atoms with E-state index in [1.165, 1.54) is 16.9 Å². The fraction of sp³-hybridized carbons (Fsp3) is 0.250. The predicted octanol–water partition coefficient (Wildman–Crippen LogP) is -0.704. The SMILES string of the molecule is Nc1c(CO)cnc2c(CO)ncn12. The third-order valence-corrected chi connectivity index (χ3v) is 2.07. The molecular weight excluding hydrogens is 184 g/mol. The molecule has 74 valence electrons. The normalized spacial score (nSPS) is 11.0. The van der Waals surface area contributed by atoms with E-state index in [2.05, 4.69) is 9.97 Å². The summed E-state index contributed by atoms with van der Waals surface area (Å²) in [4.78, 5) is 7.98. The smallest absolute Gasteiger partial charge is 0.163 e. The molecule has 0 aliphatic carbocycles. The summed E-state index contributed by atoms with van der Waals surface area (Å²) in [6, 6.07) is 0. The van der Waals surface area contributed by atoms with Crippen molar-refractivity contribution in [1.29, 1.82) is 0 Å². The second-order valence-corrected chi connectivity index (χ2v) is 2.87. The average Bonchev–Trinajstić information content (AvgIpc) is 2.62. The highest BCUT2D eigenvalue weighted by atomic mass is 16.3. The average molecular weight is 194 g/mol. The molecule has 6 nitrogen and oxygen atoms in total. The Morgan fingerprint density at radius 2 is 2.07 bits per heavy atom. The number of nitrogen functional groups attached to an aromatic ring is 1. The Labute approximate surface area is 79.6 Å². The minimum Gasteiger partial charge on any atom is -0.391 e. The zero-order valence-corrected chi connectivity index (χ0v) is 7.38. The molecule has 0 aromatic carbocycles. The van der Waals surface area contributed by atoms with Gasteiger partial charge in [-0.1, -0.05) is 0 Å². The lowest BCUT2D eigenvalue weighted by Gasteiger charge is -2.04. The van der Waals surface area contributed by atoms with E-state index in [-0.39, 0.29) is 13.2 Å². The van der Waals surface area contributed by atoms with Crippen molar-refractivity contribution in [1.82, 2.24) is 14.4 Å². The molecule has 0 amide bonds. The van der Waals surface area contributed by atoms with E-state index >= 15 is 0 Å². The molecule has 2 rings (SSSR count). The van der Waals surface area contributed by atoms with Gasteiger partial charge in [0.1, 0.15) is 17.8 Å². The summed E-state index contributed by atoms with van der Waals surface area (Å²) in [5.74, 6) is 0.393. The largest absolute Gasteiger partial charge is 0.391 e. The van der Waals surface area contributed by atoms with Crippen LogP contribution < -0.4 is 5.73 Å². The molecule has 0 atom stereocenters. The number of rotatable bonds is 2. The Bertz CT molecular complexity index is 466. The maximum Gasteiger partial charge on any atom is 0.163 e. The van der Waals surface area contributed by atoms with Crippen molar-refractivity contribution in [3.8, 4) is 0 Å². The zero-order chi connectivity index (χ0) is 10.1. The lowest BCUT2D eigenvalue weighted by Crippen LogP contribution is -2.03. The second kappa shape index (κ2) is 3.24. The standard InChI is InChI=1S/C8H10N4O2/c9-7-5(2-13)1-10-8-6(3-14)11-4-12(7)8/h1,4,13-14H,2-3,9H2. The molecule has 0 saturated heterocycles. The number of hydrogen-bond acceptors (Lipinski definition) is 5. The van der Waals surface area contributed by atoms with E-state index in [1.54, 1.807) is 0 Å². The highest BCUT2D eigenvalue weighted by molar-refractivity contribution is 5.53. The third-order valence-electron chi connectivity index (χ3n) is 2.07. The summed E-state index contributed by atoms with van der Waals surface area (Å²) >= 11 is 0. The molecular formula is C8H10N4O2. The third kappa shape index (κ3) is 1.12. The minimum absolute atomic E-state index is 0.165. The van der Waals surface area contributed by atoms with Gasteiger partial charge >= 0.3 is 0 Å². The molecule has 4 N–H and O–H groups in total. The van der Waals surface area contributed by atoms with E-state index in [0.29, 0.717) is 22.7 Å². The van der Waals surface area contributed by atoms with Gasteiger partial charge in [0.05, 0.1) is 13.2 Å². The van der Waals surface area contributed by atoms with E-state index in [9.17, 15) is 0 Å². The maximum absolute atomic E-state index is 8.94. The Kier molecular flexibility index (Phi) is 2.06. The number of anilines is 1. The van der Waals surface area contributed by atoms with Crippen LogP contribution in [0, 0.1) is 0 Å². The van der Waals surface area contributed by atoms with Gasteiger partial charge in [0.15, 0.2) is 5.65 Å². The molecule has 0 unspecified atom stereocenters. The lowest BCUT2D eigenvalue weighted by molar-refractivity contribution is 0.278. The van der Waals surface area contributed by atoms with Crippen molar-refractivity contribution in [2.24, 2.45) is 0 Å². The van der Waals surface area contributed by atoms with Gasteiger partial charge in [0.2, 0.25) is 0 Å². The van der Waals surface area contributed by atoms with Crippen molar-refractivity contribution < 1.29 is 10.2 Å². The zero-order valence-electron chi connectivity index (χ0n) is 7.38. The van der Waals surface area contributed by atoms with Crippen LogP contribution in [0.3, 0.4) is 0 Å². The molecule has 0 radical (unpaired) electrons. The van der Waals surface area contributed by atoms with E-state index in [1.807, 2.05) is 0 Å². The number of hydrogen-bond donors (Lipinski definition) is 3. The number of aliphatic hydroxyl groups is 2. The van der Waals surface area contributed by atoms with E-state index in [0.717, 1.165) is 0 Å². The first-order chi connectivity index (χ1) is 6.77. The first-order valence-corrected chi connectivity index (χ1v) is 4.09. The van der Waals surface area contributed by atoms with Crippen LogP contribution in [-0.4, -0.2) is 24.6 Å². The summed E-state index contributed by atoms with van der Waals surface area (Å²) in [5, 5.41) is 17.9. The first-order valence-electron chi connectivity index (χ1n) is 4.09. The summed E-state index contributed by atoms with van der Waals surface area (Å²) in [7, 11) is 0. The molecule has 2 aromatic heterocycles. The van der Waals surface area contributed by atoms with Gasteiger partial charge in [-0.2, -0.15) is 0 Å². The molecule has 2 heterocycles.